The molecule has 0 atom stereocenters. The number of methoxy groups -OCH3 is 2. The van der Waals surface area contributed by atoms with Gasteiger partial charge in [-0.25, -0.2) is 0 Å². The number of thiazole rings is 1. The number of nitrogens with zero attached hydrogens (tertiary/aromatic N) is 4. The van der Waals surface area contributed by atoms with Crippen LogP contribution in [0.2, 0.25) is 0 Å². The molecule has 33 heavy (non-hydrogen) atoms. The number of carboxylic acid groups (broad SMARTS) is 1. The second-order valence-electron chi connectivity index (χ2n) is 7.12. The van der Waals surface area contributed by atoms with Crippen LogP contribution in [0.1, 0.15) is 12.5 Å². The number of anilines is 1. The number of hydrogen-bond donors (Lipinski definition) is 1. The number of fused-ring (bicyclic) bond motifs is 1. The first kappa shape index (κ1) is 23.7. The van der Waals surface area contributed by atoms with Crippen LogP contribution >= 0.6 is 11.3 Å². The Labute approximate surface area is 194 Å². The molecule has 0 aliphatic heterocycles. The van der Waals surface area contributed by atoms with Crippen molar-refractivity contribution in [1.29, 1.82) is 0 Å². The highest BCUT2D eigenvalue weighted by Gasteiger charge is 2.14. The van der Waals surface area contributed by atoms with Gasteiger partial charge in [0.25, 0.3) is 11.5 Å². The summed E-state index contributed by atoms with van der Waals surface area (Å²) in [5.41, 5.74) is 2.63. The molecule has 0 fully saturated rings. The van der Waals surface area contributed by atoms with Gasteiger partial charge in [0.1, 0.15) is 0 Å². The summed E-state index contributed by atoms with van der Waals surface area (Å²) < 4.78 is 12.5. The van der Waals surface area contributed by atoms with Gasteiger partial charge in [0, 0.05) is 32.3 Å². The zero-order valence-corrected chi connectivity index (χ0v) is 19.7. The molecule has 0 radical (unpaired) electrons. The van der Waals surface area contributed by atoms with E-state index in [1.165, 1.54) is 15.9 Å². The molecule has 0 unspecified atom stereocenters. The Kier molecular flexibility index (Phi) is 7.29. The van der Waals surface area contributed by atoms with Crippen molar-refractivity contribution >= 4 is 34.0 Å². The van der Waals surface area contributed by atoms with Crippen molar-refractivity contribution in [2.24, 2.45) is 0 Å². The molecule has 1 N–H and O–H groups in total. The fourth-order valence-electron chi connectivity index (χ4n) is 2.95. The minimum Gasteiger partial charge on any atom is -0.493 e. The molecular weight excluding hydrogens is 444 g/mol. The third-order valence-electron chi connectivity index (χ3n) is 4.53. The average molecular weight is 469 g/mol. The number of rotatable bonds is 5. The van der Waals surface area contributed by atoms with Gasteiger partial charge >= 0.3 is 0 Å². The third-order valence-corrected chi connectivity index (χ3v) is 5.49. The molecule has 4 aromatic rings. The van der Waals surface area contributed by atoms with E-state index in [-0.39, 0.29) is 5.56 Å². The Morgan fingerprint density at radius 1 is 1.09 bits per heavy atom. The van der Waals surface area contributed by atoms with Crippen molar-refractivity contribution in [1.82, 2.24) is 14.6 Å². The zero-order chi connectivity index (χ0) is 24.1. The van der Waals surface area contributed by atoms with Crippen molar-refractivity contribution in [3.05, 3.63) is 62.9 Å². The number of hydrogen-bond acceptors (Lipinski definition) is 8. The normalized spacial score (nSPS) is 11.1. The standard InChI is InChI=1S/C21H20N4O3S.C2H4O2/c1-24(2)15-8-5-13(6-9-15)11-18-20(26)25-21(29-18)22-19(23-25)14-7-10-16(27-3)17(12-14)28-4;1-2(3)4/h5-12H,1-4H3;1H3,(H,3,4). The molecule has 2 heterocycles. The van der Waals surface area contributed by atoms with E-state index in [0.717, 1.165) is 23.7 Å². The van der Waals surface area contributed by atoms with Crippen molar-refractivity contribution in [2.45, 2.75) is 6.92 Å². The Morgan fingerprint density at radius 3 is 2.27 bits per heavy atom. The summed E-state index contributed by atoms with van der Waals surface area (Å²) in [5.74, 6) is 0.843. The lowest BCUT2D eigenvalue weighted by molar-refractivity contribution is -0.134. The molecule has 0 saturated carbocycles. The molecule has 172 valence electrons. The van der Waals surface area contributed by atoms with E-state index in [9.17, 15) is 4.79 Å². The van der Waals surface area contributed by atoms with Gasteiger partial charge in [-0.3, -0.25) is 9.59 Å². The van der Waals surface area contributed by atoms with Gasteiger partial charge in [0.05, 0.1) is 18.8 Å². The van der Waals surface area contributed by atoms with Crippen LogP contribution in [0.5, 0.6) is 11.5 Å². The van der Waals surface area contributed by atoms with Gasteiger partial charge in [-0.05, 0) is 42.0 Å². The summed E-state index contributed by atoms with van der Waals surface area (Å²) in [6.45, 7) is 1.08. The predicted octanol–water partition coefficient (Wildman–Crippen LogP) is 2.54. The Morgan fingerprint density at radius 2 is 1.73 bits per heavy atom. The predicted molar refractivity (Wildman–Crippen MR) is 129 cm³/mol. The second kappa shape index (κ2) is 10.1. The summed E-state index contributed by atoms with van der Waals surface area (Å²) in [4.78, 5) is 28.9. The summed E-state index contributed by atoms with van der Waals surface area (Å²) in [7, 11) is 7.14. The van der Waals surface area contributed by atoms with Gasteiger partial charge < -0.3 is 19.5 Å². The van der Waals surface area contributed by atoms with E-state index in [0.29, 0.717) is 26.8 Å². The first-order valence-corrected chi connectivity index (χ1v) is 10.7. The summed E-state index contributed by atoms with van der Waals surface area (Å²) >= 11 is 1.32. The highest BCUT2D eigenvalue weighted by Crippen LogP contribution is 2.31. The van der Waals surface area contributed by atoms with Gasteiger partial charge in [0.15, 0.2) is 17.3 Å². The summed E-state index contributed by atoms with van der Waals surface area (Å²) in [6, 6.07) is 13.4. The molecule has 10 heteroatoms. The molecule has 0 amide bonds. The largest absolute Gasteiger partial charge is 0.493 e. The highest BCUT2D eigenvalue weighted by atomic mass is 32.1. The number of ether oxygens (including phenoxy) is 2. The maximum atomic E-state index is 12.8. The molecular formula is C23H24N4O5S. The minimum atomic E-state index is -0.833. The smallest absolute Gasteiger partial charge is 0.300 e. The van der Waals surface area contributed by atoms with E-state index < -0.39 is 5.97 Å². The maximum Gasteiger partial charge on any atom is 0.300 e. The van der Waals surface area contributed by atoms with Crippen molar-refractivity contribution < 1.29 is 19.4 Å². The number of aliphatic carboxylic acids is 1. The van der Waals surface area contributed by atoms with Crippen LogP contribution in [-0.2, 0) is 4.79 Å². The van der Waals surface area contributed by atoms with E-state index in [1.54, 1.807) is 26.4 Å². The molecule has 9 nitrogen and oxygen atoms in total. The van der Waals surface area contributed by atoms with E-state index in [2.05, 4.69) is 10.1 Å². The Hall–Kier alpha value is -3.92. The van der Waals surface area contributed by atoms with Crippen LogP contribution in [-0.4, -0.2) is 54.0 Å². The molecule has 0 aliphatic rings. The van der Waals surface area contributed by atoms with Crippen LogP contribution in [0.15, 0.2) is 47.3 Å². The number of aromatic nitrogens is 3. The van der Waals surface area contributed by atoms with E-state index in [4.69, 9.17) is 19.4 Å². The second-order valence-corrected chi connectivity index (χ2v) is 8.13. The first-order valence-electron chi connectivity index (χ1n) is 9.84. The van der Waals surface area contributed by atoms with Crippen LogP contribution < -0.4 is 24.5 Å². The molecule has 4 rings (SSSR count). The highest BCUT2D eigenvalue weighted by molar-refractivity contribution is 7.15. The minimum absolute atomic E-state index is 0.180. The van der Waals surface area contributed by atoms with Gasteiger partial charge in [-0.1, -0.05) is 23.5 Å². The van der Waals surface area contributed by atoms with Crippen molar-refractivity contribution in [3.8, 4) is 22.9 Å². The molecule has 2 aromatic carbocycles. The Bertz CT molecular complexity index is 1370. The monoisotopic (exact) mass is 468 g/mol. The summed E-state index contributed by atoms with van der Waals surface area (Å²) in [6.07, 6.45) is 1.86. The SMILES string of the molecule is CC(=O)O.COc1ccc(-c2nc3sc(=Cc4ccc(N(C)C)cc4)c(=O)n3n2)cc1OC. The lowest BCUT2D eigenvalue weighted by Gasteiger charge is -2.11. The Balaban J connectivity index is 0.000000709. The fraction of sp³-hybridized carbons (Fsp3) is 0.217. The topological polar surface area (TPSA) is 106 Å². The lowest BCUT2D eigenvalue weighted by atomic mass is 10.2. The molecule has 0 aliphatic carbocycles. The van der Waals surface area contributed by atoms with Crippen LogP contribution in [0.25, 0.3) is 22.4 Å². The van der Waals surface area contributed by atoms with Crippen LogP contribution in [0.4, 0.5) is 5.69 Å². The molecule has 0 saturated heterocycles. The first-order chi connectivity index (χ1) is 15.7. The van der Waals surface area contributed by atoms with Gasteiger partial charge in [-0.15, -0.1) is 5.10 Å². The summed E-state index contributed by atoms with van der Waals surface area (Å²) in [5, 5.41) is 11.8. The quantitative estimate of drug-likeness (QED) is 0.476. The molecule has 2 aromatic heterocycles. The van der Waals surface area contributed by atoms with Crippen molar-refractivity contribution in [2.75, 3.05) is 33.2 Å². The molecule has 0 spiro atoms. The van der Waals surface area contributed by atoms with Crippen LogP contribution in [0, 0.1) is 0 Å². The molecule has 0 bridgehead atoms. The maximum absolute atomic E-state index is 12.8. The van der Waals surface area contributed by atoms with E-state index in [1.807, 2.05) is 55.4 Å². The number of carboxylic acids is 1. The average Bonchev–Trinajstić information content (AvgIpc) is 3.32. The fourth-order valence-corrected chi connectivity index (χ4v) is 3.86. The van der Waals surface area contributed by atoms with Crippen molar-refractivity contribution in [3.63, 3.8) is 0 Å². The zero-order valence-electron chi connectivity index (χ0n) is 18.9. The lowest BCUT2D eigenvalue weighted by Crippen LogP contribution is -2.23. The van der Waals surface area contributed by atoms with E-state index >= 15 is 0 Å². The number of benzene rings is 2. The third kappa shape index (κ3) is 5.47. The number of carbonyl (C=O) groups is 1. The van der Waals surface area contributed by atoms with Gasteiger partial charge in [-0.2, -0.15) is 9.50 Å². The van der Waals surface area contributed by atoms with Gasteiger partial charge in [0.2, 0.25) is 4.96 Å². The van der Waals surface area contributed by atoms with Crippen LogP contribution in [0.3, 0.4) is 0 Å².